The van der Waals surface area contributed by atoms with E-state index in [9.17, 15) is 26.4 Å². The van der Waals surface area contributed by atoms with Gasteiger partial charge < -0.3 is 5.32 Å². The molecule has 0 saturated carbocycles. The first-order chi connectivity index (χ1) is 13.8. The Morgan fingerprint density at radius 1 is 1.07 bits per heavy atom. The number of carbonyl (C=O) groups excluding carboxylic acids is 2. The van der Waals surface area contributed by atoms with Crippen molar-refractivity contribution in [2.75, 3.05) is 20.1 Å². The number of rotatable bonds is 5. The average molecular weight is 452 g/mol. The fourth-order valence-electron chi connectivity index (χ4n) is 3.10. The largest absolute Gasteiger partial charge is 0.326 e. The maximum atomic E-state index is 12.7. The van der Waals surface area contributed by atoms with Crippen LogP contribution >= 0.6 is 0 Å². The molecule has 9 nitrogen and oxygen atoms in total. The molecule has 1 aliphatic rings. The summed E-state index contributed by atoms with van der Waals surface area (Å²) in [7, 11) is -7.80. The maximum Gasteiger partial charge on any atom is 0.261 e. The Bertz CT molecular complexity index is 1220. The van der Waals surface area contributed by atoms with Crippen molar-refractivity contribution in [1.82, 2.24) is 0 Å². The molecule has 1 saturated heterocycles. The lowest BCUT2D eigenvalue weighted by Gasteiger charge is -2.18. The lowest BCUT2D eigenvalue weighted by atomic mass is 9.95. The third kappa shape index (κ3) is 4.31. The van der Waals surface area contributed by atoms with Gasteiger partial charge in [-0.05, 0) is 56.3 Å². The third-order valence-corrected chi connectivity index (χ3v) is 7.82. The first-order valence-electron chi connectivity index (χ1n) is 8.90. The summed E-state index contributed by atoms with van der Waals surface area (Å²) < 4.78 is 53.2. The summed E-state index contributed by atoms with van der Waals surface area (Å²) in [5.74, 6) is -1.17. The Hall–Kier alpha value is -2.92. The van der Waals surface area contributed by atoms with Crippen molar-refractivity contribution >= 4 is 48.9 Å². The maximum absolute atomic E-state index is 12.7. The predicted octanol–water partition coefficient (Wildman–Crippen LogP) is 2.15. The summed E-state index contributed by atoms with van der Waals surface area (Å²) >= 11 is 0. The molecular formula is C19H21N3O6S2. The topological polar surface area (TPSA) is 130 Å². The molecule has 1 fully saturated rings. The van der Waals surface area contributed by atoms with Crippen LogP contribution in [0.15, 0.2) is 53.4 Å². The molecule has 30 heavy (non-hydrogen) atoms. The van der Waals surface area contributed by atoms with Crippen LogP contribution in [0.4, 0.5) is 17.1 Å². The van der Waals surface area contributed by atoms with Gasteiger partial charge in [0, 0.05) is 12.6 Å². The van der Waals surface area contributed by atoms with Gasteiger partial charge in [0.2, 0.25) is 21.8 Å². The van der Waals surface area contributed by atoms with Crippen LogP contribution in [0.25, 0.3) is 0 Å². The lowest BCUT2D eigenvalue weighted by Crippen LogP contribution is -2.32. The molecule has 2 aromatic carbocycles. The Balaban J connectivity index is 1.86. The molecule has 0 bridgehead atoms. The van der Waals surface area contributed by atoms with E-state index in [0.717, 1.165) is 0 Å². The zero-order valence-electron chi connectivity index (χ0n) is 16.5. The highest BCUT2D eigenvalue weighted by Crippen LogP contribution is 2.36. The van der Waals surface area contributed by atoms with Gasteiger partial charge in [-0.1, -0.05) is 6.07 Å². The standard InChI is InChI=1S/C19H21N3O6S2/c1-13(23)20-14-5-4-6-15(11-14)21-30(27,28)17-9-7-16(8-10-17)22-18(24)19(2,3)12-29(22,25)26/h4-11,21H,12H2,1-3H3,(H,20,23). The first-order valence-corrected chi connectivity index (χ1v) is 12.0. The molecule has 0 atom stereocenters. The Kier molecular flexibility index (Phi) is 5.37. The van der Waals surface area contributed by atoms with E-state index in [1.165, 1.54) is 43.3 Å². The van der Waals surface area contributed by atoms with Gasteiger partial charge in [0.25, 0.3) is 10.0 Å². The van der Waals surface area contributed by atoms with Crippen molar-refractivity contribution in [3.63, 3.8) is 0 Å². The molecule has 2 amide bonds. The number of amides is 2. The molecule has 0 unspecified atom stereocenters. The van der Waals surface area contributed by atoms with E-state index in [4.69, 9.17) is 0 Å². The number of carbonyl (C=O) groups is 2. The highest BCUT2D eigenvalue weighted by Gasteiger charge is 2.49. The van der Waals surface area contributed by atoms with Crippen molar-refractivity contribution in [3.8, 4) is 0 Å². The molecule has 3 rings (SSSR count). The molecular weight excluding hydrogens is 430 g/mol. The monoisotopic (exact) mass is 451 g/mol. The minimum Gasteiger partial charge on any atom is -0.326 e. The predicted molar refractivity (Wildman–Crippen MR) is 113 cm³/mol. The molecule has 0 aliphatic carbocycles. The van der Waals surface area contributed by atoms with Crippen LogP contribution in [-0.4, -0.2) is 34.4 Å². The number of anilines is 3. The average Bonchev–Trinajstić information content (AvgIpc) is 2.77. The van der Waals surface area contributed by atoms with Crippen LogP contribution in [0.1, 0.15) is 20.8 Å². The number of nitrogens with one attached hydrogen (secondary N) is 2. The second-order valence-electron chi connectivity index (χ2n) is 7.57. The summed E-state index contributed by atoms with van der Waals surface area (Å²) in [5, 5.41) is 2.56. The zero-order chi connectivity index (χ0) is 22.3. The number of benzene rings is 2. The Labute approximate surface area is 175 Å². The van der Waals surface area contributed by atoms with Crippen LogP contribution in [0, 0.1) is 5.41 Å². The van der Waals surface area contributed by atoms with Crippen LogP contribution in [-0.2, 0) is 29.6 Å². The molecule has 1 aliphatic heterocycles. The minimum atomic E-state index is -3.98. The second kappa shape index (κ2) is 7.40. The van der Waals surface area contributed by atoms with Gasteiger partial charge >= 0.3 is 0 Å². The first kappa shape index (κ1) is 21.8. The fraction of sp³-hybridized carbons (Fsp3) is 0.263. The van der Waals surface area contributed by atoms with Gasteiger partial charge in [0.1, 0.15) is 0 Å². The molecule has 0 aromatic heterocycles. The SMILES string of the molecule is CC(=O)Nc1cccc(NS(=O)(=O)c2ccc(N3C(=O)C(C)(C)CS3(=O)=O)cc2)c1. The van der Waals surface area contributed by atoms with E-state index in [2.05, 4.69) is 10.0 Å². The number of hydrogen-bond donors (Lipinski definition) is 2. The molecule has 2 aromatic rings. The smallest absolute Gasteiger partial charge is 0.261 e. The van der Waals surface area contributed by atoms with Gasteiger partial charge in [-0.3, -0.25) is 14.3 Å². The van der Waals surface area contributed by atoms with Gasteiger partial charge in [0.15, 0.2) is 0 Å². The summed E-state index contributed by atoms with van der Waals surface area (Å²) in [5.41, 5.74) is -0.302. The number of sulfonamides is 2. The normalized spacial score (nSPS) is 17.6. The zero-order valence-corrected chi connectivity index (χ0v) is 18.2. The van der Waals surface area contributed by atoms with Crippen LogP contribution in [0.2, 0.25) is 0 Å². The highest BCUT2D eigenvalue weighted by molar-refractivity contribution is 7.94. The Morgan fingerprint density at radius 3 is 2.20 bits per heavy atom. The number of nitrogens with zero attached hydrogens (tertiary/aromatic N) is 1. The van der Waals surface area contributed by atoms with Crippen LogP contribution < -0.4 is 14.3 Å². The summed E-state index contributed by atoms with van der Waals surface area (Å²) in [6.07, 6.45) is 0. The van der Waals surface area contributed by atoms with E-state index in [0.29, 0.717) is 9.99 Å². The Morgan fingerprint density at radius 2 is 1.67 bits per heavy atom. The summed E-state index contributed by atoms with van der Waals surface area (Å²) in [4.78, 5) is 23.5. The highest BCUT2D eigenvalue weighted by atomic mass is 32.2. The number of hydrogen-bond acceptors (Lipinski definition) is 6. The van der Waals surface area contributed by atoms with E-state index in [-0.39, 0.29) is 27.9 Å². The van der Waals surface area contributed by atoms with Gasteiger partial charge in [-0.25, -0.2) is 21.1 Å². The van der Waals surface area contributed by atoms with Crippen LogP contribution in [0.5, 0.6) is 0 Å². The third-order valence-electron chi connectivity index (χ3n) is 4.40. The van der Waals surface area contributed by atoms with E-state index in [1.807, 2.05) is 0 Å². The van der Waals surface area contributed by atoms with E-state index >= 15 is 0 Å². The molecule has 0 radical (unpaired) electrons. The van der Waals surface area contributed by atoms with Gasteiger partial charge in [0.05, 0.1) is 27.4 Å². The summed E-state index contributed by atoms with van der Waals surface area (Å²) in [6.45, 7) is 4.43. The summed E-state index contributed by atoms with van der Waals surface area (Å²) in [6, 6.07) is 11.2. The molecule has 1 heterocycles. The molecule has 2 N–H and O–H groups in total. The lowest BCUT2D eigenvalue weighted by molar-refractivity contribution is -0.123. The molecule has 11 heteroatoms. The van der Waals surface area contributed by atoms with E-state index in [1.54, 1.807) is 26.0 Å². The molecule has 160 valence electrons. The second-order valence-corrected chi connectivity index (χ2v) is 11.1. The molecule has 0 spiro atoms. The van der Waals surface area contributed by atoms with Crippen molar-refractivity contribution < 1.29 is 26.4 Å². The van der Waals surface area contributed by atoms with Crippen molar-refractivity contribution in [3.05, 3.63) is 48.5 Å². The van der Waals surface area contributed by atoms with Gasteiger partial charge in [-0.15, -0.1) is 0 Å². The van der Waals surface area contributed by atoms with Crippen molar-refractivity contribution in [1.29, 1.82) is 0 Å². The van der Waals surface area contributed by atoms with E-state index < -0.39 is 31.4 Å². The van der Waals surface area contributed by atoms with Gasteiger partial charge in [-0.2, -0.15) is 0 Å². The quantitative estimate of drug-likeness (QED) is 0.716. The fourth-order valence-corrected chi connectivity index (χ4v) is 6.26. The minimum absolute atomic E-state index is 0.0807. The van der Waals surface area contributed by atoms with Crippen LogP contribution in [0.3, 0.4) is 0 Å². The van der Waals surface area contributed by atoms with Crippen molar-refractivity contribution in [2.45, 2.75) is 25.7 Å². The van der Waals surface area contributed by atoms with Crippen molar-refractivity contribution in [2.24, 2.45) is 5.41 Å².